The summed E-state index contributed by atoms with van der Waals surface area (Å²) in [6, 6.07) is 13.2. The molecule has 5 heteroatoms. The Kier molecular flexibility index (Phi) is 4.59. The molecule has 0 amide bonds. The van der Waals surface area contributed by atoms with Gasteiger partial charge < -0.3 is 15.2 Å². The van der Waals surface area contributed by atoms with Crippen molar-refractivity contribution in [2.75, 3.05) is 26.1 Å². The molecule has 0 bridgehead atoms. The van der Waals surface area contributed by atoms with E-state index in [2.05, 4.69) is 15.9 Å². The van der Waals surface area contributed by atoms with E-state index in [4.69, 9.17) is 21.6 Å². The van der Waals surface area contributed by atoms with Crippen molar-refractivity contribution in [1.82, 2.24) is 9.97 Å². The van der Waals surface area contributed by atoms with Crippen LogP contribution in [0, 0.1) is 12.3 Å². The van der Waals surface area contributed by atoms with Crippen molar-refractivity contribution in [3.05, 3.63) is 48.0 Å². The number of nitrogens with two attached hydrogens (primary N) is 1. The quantitative estimate of drug-likeness (QED) is 0.578. The van der Waals surface area contributed by atoms with Crippen LogP contribution in [-0.2, 0) is 4.74 Å². The molecule has 3 aromatic rings. The third kappa shape index (κ3) is 3.14. The van der Waals surface area contributed by atoms with Gasteiger partial charge in [0.15, 0.2) is 0 Å². The van der Waals surface area contributed by atoms with Crippen molar-refractivity contribution in [2.45, 2.75) is 0 Å². The summed E-state index contributed by atoms with van der Waals surface area (Å²) in [5, 5.41) is 0.803. The van der Waals surface area contributed by atoms with Gasteiger partial charge in [-0.3, -0.25) is 0 Å². The first kappa shape index (κ1) is 15.8. The zero-order chi connectivity index (χ0) is 16.9. The van der Waals surface area contributed by atoms with Crippen LogP contribution in [-0.4, -0.2) is 30.3 Å². The summed E-state index contributed by atoms with van der Waals surface area (Å²) in [6.45, 7) is 0.929. The fourth-order valence-corrected chi connectivity index (χ4v) is 2.49. The van der Waals surface area contributed by atoms with Gasteiger partial charge in [-0.2, -0.15) is 0 Å². The van der Waals surface area contributed by atoms with Crippen molar-refractivity contribution in [3.63, 3.8) is 0 Å². The van der Waals surface area contributed by atoms with E-state index in [0.717, 1.165) is 22.0 Å². The molecule has 0 fully saturated rings. The van der Waals surface area contributed by atoms with Crippen LogP contribution in [0.5, 0.6) is 5.75 Å². The highest BCUT2D eigenvalue weighted by Crippen LogP contribution is 2.34. The third-order valence-corrected chi connectivity index (χ3v) is 3.55. The van der Waals surface area contributed by atoms with Gasteiger partial charge >= 0.3 is 0 Å². The van der Waals surface area contributed by atoms with Crippen LogP contribution in [0.3, 0.4) is 0 Å². The van der Waals surface area contributed by atoms with E-state index < -0.39 is 0 Å². The lowest BCUT2D eigenvalue weighted by Crippen LogP contribution is -2.06. The number of aromatic nitrogens is 2. The maximum absolute atomic E-state index is 5.88. The Morgan fingerprint density at radius 2 is 1.96 bits per heavy atom. The second-order valence-corrected chi connectivity index (χ2v) is 5.15. The molecule has 0 aliphatic carbocycles. The summed E-state index contributed by atoms with van der Waals surface area (Å²) in [4.78, 5) is 8.73. The topological polar surface area (TPSA) is 70.3 Å². The highest BCUT2D eigenvalue weighted by atomic mass is 16.5. The molecule has 0 saturated carbocycles. The van der Waals surface area contributed by atoms with E-state index in [-0.39, 0.29) is 5.95 Å². The van der Waals surface area contributed by atoms with Crippen molar-refractivity contribution >= 4 is 16.9 Å². The number of nitrogen functional groups attached to an aromatic ring is 1. The lowest BCUT2D eigenvalue weighted by atomic mass is 10.0. The minimum atomic E-state index is 0.206. The number of nitrogens with zero attached hydrogens (tertiary/aromatic N) is 2. The van der Waals surface area contributed by atoms with Gasteiger partial charge in [-0.05, 0) is 24.3 Å². The Morgan fingerprint density at radius 1 is 1.12 bits per heavy atom. The summed E-state index contributed by atoms with van der Waals surface area (Å²) in [6.07, 6.45) is 5.50. The molecule has 3 rings (SSSR count). The lowest BCUT2D eigenvalue weighted by Gasteiger charge is -2.13. The number of rotatable bonds is 5. The molecule has 0 saturated heterocycles. The third-order valence-electron chi connectivity index (χ3n) is 3.55. The molecule has 0 atom stereocenters. The minimum Gasteiger partial charge on any atom is -0.490 e. The van der Waals surface area contributed by atoms with Gasteiger partial charge in [0.2, 0.25) is 5.95 Å². The molecule has 0 unspecified atom stereocenters. The fourth-order valence-electron chi connectivity index (χ4n) is 2.49. The number of methoxy groups -OCH3 is 1. The highest BCUT2D eigenvalue weighted by Gasteiger charge is 2.14. The van der Waals surface area contributed by atoms with Crippen LogP contribution in [0.25, 0.3) is 22.2 Å². The van der Waals surface area contributed by atoms with Crippen LogP contribution < -0.4 is 10.5 Å². The van der Waals surface area contributed by atoms with Crippen LogP contribution in [0.15, 0.2) is 42.5 Å². The fraction of sp³-hybridized carbons (Fsp3) is 0.158. The van der Waals surface area contributed by atoms with Gasteiger partial charge in [-0.25, -0.2) is 9.97 Å². The van der Waals surface area contributed by atoms with Gasteiger partial charge in [-0.1, -0.05) is 24.1 Å². The van der Waals surface area contributed by atoms with Crippen LogP contribution in [0.1, 0.15) is 5.56 Å². The van der Waals surface area contributed by atoms with Crippen molar-refractivity contribution in [1.29, 1.82) is 0 Å². The molecule has 1 aromatic heterocycles. The molecule has 0 spiro atoms. The number of hydrogen-bond acceptors (Lipinski definition) is 5. The Balaban J connectivity index is 2.20. The second-order valence-electron chi connectivity index (χ2n) is 5.15. The minimum absolute atomic E-state index is 0.206. The smallest absolute Gasteiger partial charge is 0.221 e. The largest absolute Gasteiger partial charge is 0.490 e. The predicted octanol–water partition coefficient (Wildman–Crippen LogP) is 2.89. The van der Waals surface area contributed by atoms with Gasteiger partial charge in [0.25, 0.3) is 0 Å². The van der Waals surface area contributed by atoms with E-state index in [1.54, 1.807) is 7.11 Å². The Bertz CT molecular complexity index is 916. The summed E-state index contributed by atoms with van der Waals surface area (Å²) < 4.78 is 10.9. The average Bonchev–Trinajstić information content (AvgIpc) is 2.61. The van der Waals surface area contributed by atoms with Crippen LogP contribution in [0.4, 0.5) is 5.95 Å². The SMILES string of the molecule is C#Cc1cccc(-c2nc(N)nc3cccc(OCCOC)c23)c1. The van der Waals surface area contributed by atoms with Gasteiger partial charge in [0, 0.05) is 18.2 Å². The summed E-state index contributed by atoms with van der Waals surface area (Å²) in [5.74, 6) is 3.53. The number of terminal acetylenes is 1. The number of fused-ring (bicyclic) bond motifs is 1. The van der Waals surface area contributed by atoms with E-state index >= 15 is 0 Å². The number of hydrogen-bond donors (Lipinski definition) is 1. The van der Waals surface area contributed by atoms with Gasteiger partial charge in [-0.15, -0.1) is 6.42 Å². The van der Waals surface area contributed by atoms with Crippen molar-refractivity contribution < 1.29 is 9.47 Å². The summed E-state index contributed by atoms with van der Waals surface area (Å²) in [7, 11) is 1.63. The first-order chi connectivity index (χ1) is 11.7. The molecule has 2 aromatic carbocycles. The predicted molar refractivity (Wildman–Crippen MR) is 94.7 cm³/mol. The maximum Gasteiger partial charge on any atom is 0.221 e. The van der Waals surface area contributed by atoms with Crippen molar-refractivity contribution in [3.8, 4) is 29.4 Å². The molecular formula is C19H17N3O2. The molecule has 5 nitrogen and oxygen atoms in total. The Hall–Kier alpha value is -3.10. The van der Waals surface area contributed by atoms with Crippen LogP contribution in [0.2, 0.25) is 0 Å². The average molecular weight is 319 g/mol. The molecule has 0 aliphatic rings. The number of benzene rings is 2. The molecule has 0 radical (unpaired) electrons. The van der Waals surface area contributed by atoms with E-state index in [1.165, 1.54) is 0 Å². The number of ether oxygens (including phenoxy) is 2. The van der Waals surface area contributed by atoms with E-state index in [9.17, 15) is 0 Å². The summed E-state index contributed by atoms with van der Waals surface area (Å²) in [5.41, 5.74) is 8.94. The molecule has 0 aliphatic heterocycles. The maximum atomic E-state index is 5.88. The molecule has 120 valence electrons. The Morgan fingerprint density at radius 3 is 2.75 bits per heavy atom. The Labute approximate surface area is 140 Å². The lowest BCUT2D eigenvalue weighted by molar-refractivity contribution is 0.147. The van der Waals surface area contributed by atoms with Gasteiger partial charge in [0.05, 0.1) is 23.2 Å². The molecular weight excluding hydrogens is 302 g/mol. The first-order valence-electron chi connectivity index (χ1n) is 7.48. The van der Waals surface area contributed by atoms with E-state index in [0.29, 0.717) is 24.7 Å². The highest BCUT2D eigenvalue weighted by molar-refractivity contribution is 5.97. The van der Waals surface area contributed by atoms with Gasteiger partial charge in [0.1, 0.15) is 12.4 Å². The first-order valence-corrected chi connectivity index (χ1v) is 7.48. The van der Waals surface area contributed by atoms with E-state index in [1.807, 2.05) is 42.5 Å². The standard InChI is InChI=1S/C19H17N3O2/c1-3-13-6-4-7-14(12-13)18-17-15(21-19(20)22-18)8-5-9-16(17)24-11-10-23-2/h1,4-9,12H,10-11H2,2H3,(H2,20,21,22). The monoisotopic (exact) mass is 319 g/mol. The zero-order valence-corrected chi connectivity index (χ0v) is 13.3. The number of anilines is 1. The van der Waals surface area contributed by atoms with Crippen molar-refractivity contribution in [2.24, 2.45) is 0 Å². The second kappa shape index (κ2) is 6.99. The normalized spacial score (nSPS) is 10.5. The van der Waals surface area contributed by atoms with Crippen LogP contribution >= 0.6 is 0 Å². The molecule has 2 N–H and O–H groups in total. The molecule has 24 heavy (non-hydrogen) atoms. The zero-order valence-electron chi connectivity index (χ0n) is 13.3. The summed E-state index contributed by atoms with van der Waals surface area (Å²) >= 11 is 0. The molecule has 1 heterocycles.